The molecule has 0 bridgehead atoms. The van der Waals surface area contributed by atoms with Gasteiger partial charge in [0.1, 0.15) is 0 Å². The summed E-state index contributed by atoms with van der Waals surface area (Å²) in [7, 11) is 0. The van der Waals surface area contributed by atoms with E-state index < -0.39 is 0 Å². The highest BCUT2D eigenvalue weighted by molar-refractivity contribution is 5.76. The molecule has 132 valence electrons. The molecule has 2 aliphatic rings. The molecule has 0 spiro atoms. The van der Waals surface area contributed by atoms with Gasteiger partial charge in [0.2, 0.25) is 5.91 Å². The van der Waals surface area contributed by atoms with E-state index in [1.54, 1.807) is 6.20 Å². The molecule has 0 aromatic carbocycles. The first-order valence-electron chi connectivity index (χ1n) is 9.54. The Morgan fingerprint density at radius 1 is 1.24 bits per heavy atom. The molecular formula is C20H26N4O. The van der Waals surface area contributed by atoms with Crippen molar-refractivity contribution in [1.29, 1.82) is 0 Å². The smallest absolute Gasteiger partial charge is 0.222 e. The Labute approximate surface area is 148 Å². The van der Waals surface area contributed by atoms with Gasteiger partial charge in [-0.15, -0.1) is 0 Å². The minimum atomic E-state index is 0.303. The van der Waals surface area contributed by atoms with E-state index in [4.69, 9.17) is 0 Å². The Morgan fingerprint density at radius 2 is 2.12 bits per heavy atom. The SMILES string of the molecule is O=C(CCCCc1cccnc1)N1CCc2[nH]nc(C3CC3)c2CC1. The van der Waals surface area contributed by atoms with Crippen molar-refractivity contribution in [2.45, 2.75) is 57.3 Å². The number of nitrogens with zero attached hydrogens (tertiary/aromatic N) is 3. The van der Waals surface area contributed by atoms with Gasteiger partial charge in [-0.05, 0) is 55.7 Å². The van der Waals surface area contributed by atoms with Crippen molar-refractivity contribution < 1.29 is 4.79 Å². The van der Waals surface area contributed by atoms with Crippen LogP contribution in [0, 0.1) is 0 Å². The minimum absolute atomic E-state index is 0.303. The average molecular weight is 338 g/mol. The molecule has 0 radical (unpaired) electrons. The summed E-state index contributed by atoms with van der Waals surface area (Å²) in [5.74, 6) is 0.979. The Morgan fingerprint density at radius 3 is 2.92 bits per heavy atom. The quantitative estimate of drug-likeness (QED) is 0.824. The lowest BCUT2D eigenvalue weighted by atomic mass is 10.1. The van der Waals surface area contributed by atoms with Crippen molar-refractivity contribution in [1.82, 2.24) is 20.1 Å². The van der Waals surface area contributed by atoms with E-state index in [-0.39, 0.29) is 0 Å². The number of aromatic amines is 1. The minimum Gasteiger partial charge on any atom is -0.342 e. The predicted molar refractivity (Wildman–Crippen MR) is 96.3 cm³/mol. The van der Waals surface area contributed by atoms with Crippen LogP contribution in [0.15, 0.2) is 24.5 Å². The summed E-state index contributed by atoms with van der Waals surface area (Å²) >= 11 is 0. The lowest BCUT2D eigenvalue weighted by Gasteiger charge is -2.20. The van der Waals surface area contributed by atoms with Gasteiger partial charge in [0.15, 0.2) is 0 Å². The molecule has 1 amide bonds. The number of unbranched alkanes of at least 4 members (excludes halogenated alkanes) is 1. The summed E-state index contributed by atoms with van der Waals surface area (Å²) in [6, 6.07) is 4.07. The van der Waals surface area contributed by atoms with Gasteiger partial charge < -0.3 is 4.90 Å². The van der Waals surface area contributed by atoms with E-state index in [2.05, 4.69) is 26.1 Å². The largest absolute Gasteiger partial charge is 0.342 e. The Kier molecular flexibility index (Phi) is 4.81. The molecule has 2 aromatic heterocycles. The number of amides is 1. The van der Waals surface area contributed by atoms with E-state index in [1.165, 1.54) is 35.4 Å². The summed E-state index contributed by atoms with van der Waals surface area (Å²) in [5.41, 5.74) is 5.19. The number of pyridine rings is 1. The molecule has 3 heterocycles. The zero-order valence-corrected chi connectivity index (χ0v) is 14.7. The number of fused-ring (bicyclic) bond motifs is 1. The van der Waals surface area contributed by atoms with E-state index in [0.29, 0.717) is 18.2 Å². The molecule has 0 saturated heterocycles. The second-order valence-electron chi connectivity index (χ2n) is 7.29. The van der Waals surface area contributed by atoms with Gasteiger partial charge in [0.05, 0.1) is 5.69 Å². The number of carbonyl (C=O) groups excluding carboxylic acids is 1. The van der Waals surface area contributed by atoms with Crippen LogP contribution >= 0.6 is 0 Å². The molecule has 2 aromatic rings. The molecule has 25 heavy (non-hydrogen) atoms. The summed E-state index contributed by atoms with van der Waals surface area (Å²) < 4.78 is 0. The van der Waals surface area contributed by atoms with Gasteiger partial charge >= 0.3 is 0 Å². The highest BCUT2D eigenvalue weighted by Crippen LogP contribution is 2.41. The molecule has 4 rings (SSSR count). The highest BCUT2D eigenvalue weighted by atomic mass is 16.2. The average Bonchev–Trinajstić information content (AvgIpc) is 3.44. The third kappa shape index (κ3) is 3.91. The van der Waals surface area contributed by atoms with Crippen LogP contribution in [0.5, 0.6) is 0 Å². The third-order valence-corrected chi connectivity index (χ3v) is 5.39. The van der Waals surface area contributed by atoms with Gasteiger partial charge in [0.25, 0.3) is 0 Å². The van der Waals surface area contributed by atoms with E-state index in [9.17, 15) is 4.79 Å². The van der Waals surface area contributed by atoms with E-state index in [1.807, 2.05) is 12.3 Å². The number of rotatable bonds is 6. The molecule has 5 nitrogen and oxygen atoms in total. The number of H-pyrrole nitrogens is 1. The van der Waals surface area contributed by atoms with Crippen molar-refractivity contribution in [3.63, 3.8) is 0 Å². The second kappa shape index (κ2) is 7.38. The first-order valence-corrected chi connectivity index (χ1v) is 9.54. The van der Waals surface area contributed by atoms with E-state index >= 15 is 0 Å². The Balaban J connectivity index is 1.24. The molecule has 1 aliphatic carbocycles. The van der Waals surface area contributed by atoms with Gasteiger partial charge in [0, 0.05) is 49.9 Å². The number of aromatic nitrogens is 3. The maximum Gasteiger partial charge on any atom is 0.222 e. The normalized spacial score (nSPS) is 17.2. The number of carbonyl (C=O) groups is 1. The lowest BCUT2D eigenvalue weighted by Crippen LogP contribution is -2.33. The maximum atomic E-state index is 12.6. The Hall–Kier alpha value is -2.17. The molecule has 1 aliphatic heterocycles. The Bertz CT molecular complexity index is 721. The van der Waals surface area contributed by atoms with Gasteiger partial charge in [-0.2, -0.15) is 5.10 Å². The predicted octanol–water partition coefficient (Wildman–Crippen LogP) is 3.02. The lowest BCUT2D eigenvalue weighted by molar-refractivity contribution is -0.131. The summed E-state index contributed by atoms with van der Waals surface area (Å²) in [6.07, 6.45) is 11.8. The third-order valence-electron chi connectivity index (χ3n) is 5.39. The molecule has 1 N–H and O–H groups in total. The molecule has 0 unspecified atom stereocenters. The molecular weight excluding hydrogens is 312 g/mol. The van der Waals surface area contributed by atoms with Crippen molar-refractivity contribution in [3.8, 4) is 0 Å². The topological polar surface area (TPSA) is 61.9 Å². The molecule has 5 heteroatoms. The second-order valence-corrected chi connectivity index (χ2v) is 7.29. The monoisotopic (exact) mass is 338 g/mol. The first-order chi connectivity index (χ1) is 12.3. The molecule has 0 atom stereocenters. The number of aryl methyl sites for hydroxylation is 1. The van der Waals surface area contributed by atoms with Crippen LogP contribution in [0.4, 0.5) is 0 Å². The van der Waals surface area contributed by atoms with Crippen LogP contribution in [0.25, 0.3) is 0 Å². The van der Waals surface area contributed by atoms with Crippen LogP contribution < -0.4 is 0 Å². The summed E-state index contributed by atoms with van der Waals surface area (Å²) in [4.78, 5) is 18.7. The van der Waals surface area contributed by atoms with Crippen LogP contribution in [-0.4, -0.2) is 39.1 Å². The van der Waals surface area contributed by atoms with Crippen molar-refractivity contribution >= 4 is 5.91 Å². The van der Waals surface area contributed by atoms with Crippen molar-refractivity contribution in [2.24, 2.45) is 0 Å². The number of hydrogen-bond donors (Lipinski definition) is 1. The number of nitrogens with one attached hydrogen (secondary N) is 1. The van der Waals surface area contributed by atoms with Crippen molar-refractivity contribution in [2.75, 3.05) is 13.1 Å². The maximum absolute atomic E-state index is 12.6. The van der Waals surface area contributed by atoms with Crippen molar-refractivity contribution in [3.05, 3.63) is 47.0 Å². The van der Waals surface area contributed by atoms with Crippen LogP contribution in [0.3, 0.4) is 0 Å². The number of hydrogen-bond acceptors (Lipinski definition) is 3. The van der Waals surface area contributed by atoms with Gasteiger partial charge in [-0.25, -0.2) is 0 Å². The van der Waals surface area contributed by atoms with Gasteiger partial charge in [-0.3, -0.25) is 14.9 Å². The van der Waals surface area contributed by atoms with E-state index in [0.717, 1.165) is 45.2 Å². The fraction of sp³-hybridized carbons (Fsp3) is 0.550. The summed E-state index contributed by atoms with van der Waals surface area (Å²) in [5, 5.41) is 7.75. The molecule has 1 saturated carbocycles. The summed E-state index contributed by atoms with van der Waals surface area (Å²) in [6.45, 7) is 1.66. The zero-order chi connectivity index (χ0) is 17.1. The van der Waals surface area contributed by atoms with Crippen LogP contribution in [-0.2, 0) is 24.1 Å². The first kappa shape index (κ1) is 16.3. The highest BCUT2D eigenvalue weighted by Gasteiger charge is 2.31. The van der Waals surface area contributed by atoms with Crippen LogP contribution in [0.2, 0.25) is 0 Å². The van der Waals surface area contributed by atoms with Crippen LogP contribution in [0.1, 0.15) is 60.5 Å². The standard InChI is InChI=1S/C20H26N4O/c25-19(6-2-1-4-15-5-3-11-21-14-15)24-12-9-17-18(10-13-24)22-23-20(17)16-7-8-16/h3,5,11,14,16H,1-2,4,6-10,12-13H2,(H,22,23). The zero-order valence-electron chi connectivity index (χ0n) is 14.7. The fourth-order valence-electron chi connectivity index (χ4n) is 3.76. The molecule has 1 fully saturated rings. The fourth-order valence-corrected chi connectivity index (χ4v) is 3.76. The van der Waals surface area contributed by atoms with Gasteiger partial charge in [-0.1, -0.05) is 6.07 Å².